The fourth-order valence-electron chi connectivity index (χ4n) is 1.36. The zero-order valence-electron chi connectivity index (χ0n) is 9.78. The fourth-order valence-corrected chi connectivity index (χ4v) is 1.36. The second kappa shape index (κ2) is 8.07. The molecule has 0 heterocycles. The van der Waals surface area contributed by atoms with E-state index in [2.05, 4.69) is 10.1 Å². The average molecular weight is 263 g/mol. The number of rotatable bonds is 8. The molecule has 2 N–H and O–H groups in total. The van der Waals surface area contributed by atoms with Gasteiger partial charge in [0.15, 0.2) is 0 Å². The zero-order valence-corrected chi connectivity index (χ0v) is 9.78. The van der Waals surface area contributed by atoms with Crippen LogP contribution in [0.2, 0.25) is 0 Å². The zero-order chi connectivity index (χ0) is 13.4. The van der Waals surface area contributed by atoms with Crippen LogP contribution in [0, 0.1) is 5.82 Å². The van der Waals surface area contributed by atoms with Crippen molar-refractivity contribution in [2.45, 2.75) is 12.5 Å². The molecule has 18 heavy (non-hydrogen) atoms. The third kappa shape index (κ3) is 6.00. The lowest BCUT2D eigenvalue weighted by Crippen LogP contribution is -2.26. The minimum Gasteiger partial charge on any atom is -0.387 e. The molecule has 0 aliphatic heterocycles. The van der Waals surface area contributed by atoms with E-state index in [1.54, 1.807) is 0 Å². The van der Waals surface area contributed by atoms with Gasteiger partial charge in [0.1, 0.15) is 12.4 Å². The van der Waals surface area contributed by atoms with Gasteiger partial charge in [-0.1, -0.05) is 12.1 Å². The Balaban J connectivity index is 2.13. The second-order valence-corrected chi connectivity index (χ2v) is 3.74. The maximum absolute atomic E-state index is 12.6. The number of benzene rings is 1. The molecule has 102 valence electrons. The number of alkyl halides is 2. The third-order valence-corrected chi connectivity index (χ3v) is 2.26. The van der Waals surface area contributed by atoms with Crippen molar-refractivity contribution < 1.29 is 23.0 Å². The van der Waals surface area contributed by atoms with Crippen molar-refractivity contribution in [1.82, 2.24) is 5.32 Å². The third-order valence-electron chi connectivity index (χ3n) is 2.26. The van der Waals surface area contributed by atoms with Crippen LogP contribution in [-0.4, -0.2) is 37.8 Å². The average Bonchev–Trinajstić information content (AvgIpc) is 2.34. The van der Waals surface area contributed by atoms with Gasteiger partial charge in [0.2, 0.25) is 0 Å². The van der Waals surface area contributed by atoms with Gasteiger partial charge in [0, 0.05) is 13.1 Å². The first-order valence-corrected chi connectivity index (χ1v) is 5.59. The monoisotopic (exact) mass is 263 g/mol. The van der Waals surface area contributed by atoms with Crippen LogP contribution in [0.1, 0.15) is 11.7 Å². The lowest BCUT2D eigenvalue weighted by molar-refractivity contribution is 0.0181. The van der Waals surface area contributed by atoms with E-state index in [9.17, 15) is 18.3 Å². The largest absolute Gasteiger partial charge is 0.387 e. The summed E-state index contributed by atoms with van der Waals surface area (Å²) in [5, 5.41) is 12.6. The van der Waals surface area contributed by atoms with Crippen LogP contribution < -0.4 is 5.32 Å². The minimum absolute atomic E-state index is 0.153. The normalized spacial score (nSPS) is 12.9. The van der Waals surface area contributed by atoms with Gasteiger partial charge in [-0.2, -0.15) is 0 Å². The maximum atomic E-state index is 12.6. The van der Waals surface area contributed by atoms with Crippen molar-refractivity contribution in [2.75, 3.05) is 26.3 Å². The van der Waals surface area contributed by atoms with Gasteiger partial charge in [-0.25, -0.2) is 13.2 Å². The molecule has 0 amide bonds. The Kier molecular flexibility index (Phi) is 6.70. The first kappa shape index (κ1) is 14.9. The van der Waals surface area contributed by atoms with E-state index in [0.29, 0.717) is 12.1 Å². The van der Waals surface area contributed by atoms with Gasteiger partial charge < -0.3 is 15.2 Å². The Bertz CT molecular complexity index is 333. The Hall–Kier alpha value is -1.11. The number of aliphatic hydroxyl groups is 1. The van der Waals surface area contributed by atoms with Crippen molar-refractivity contribution in [3.63, 3.8) is 0 Å². The van der Waals surface area contributed by atoms with Crippen molar-refractivity contribution >= 4 is 0 Å². The summed E-state index contributed by atoms with van der Waals surface area (Å²) in [5.41, 5.74) is 0.595. The van der Waals surface area contributed by atoms with Gasteiger partial charge in [-0.3, -0.25) is 0 Å². The number of ether oxygens (including phenoxy) is 1. The Labute approximate surface area is 104 Å². The highest BCUT2D eigenvalue weighted by Crippen LogP contribution is 2.12. The summed E-state index contributed by atoms with van der Waals surface area (Å²) in [7, 11) is 0. The molecule has 0 fully saturated rings. The number of halogens is 3. The van der Waals surface area contributed by atoms with Gasteiger partial charge in [-0.15, -0.1) is 0 Å². The van der Waals surface area contributed by atoms with Crippen molar-refractivity contribution in [3.8, 4) is 0 Å². The van der Waals surface area contributed by atoms with E-state index >= 15 is 0 Å². The summed E-state index contributed by atoms with van der Waals surface area (Å²) in [5.74, 6) is -0.362. The summed E-state index contributed by atoms with van der Waals surface area (Å²) < 4.78 is 40.7. The van der Waals surface area contributed by atoms with Crippen LogP contribution in [0.25, 0.3) is 0 Å². The van der Waals surface area contributed by atoms with Crippen molar-refractivity contribution in [2.24, 2.45) is 0 Å². The number of aliphatic hydroxyl groups excluding tert-OH is 1. The maximum Gasteiger partial charge on any atom is 0.261 e. The molecule has 6 heteroatoms. The van der Waals surface area contributed by atoms with Gasteiger partial charge in [0.05, 0.1) is 12.7 Å². The molecule has 0 radical (unpaired) electrons. The highest BCUT2D eigenvalue weighted by Gasteiger charge is 2.07. The van der Waals surface area contributed by atoms with Crippen LogP contribution in [0.4, 0.5) is 13.2 Å². The Morgan fingerprint density at radius 1 is 1.22 bits per heavy atom. The Morgan fingerprint density at radius 2 is 1.89 bits per heavy atom. The number of nitrogens with one attached hydrogen (secondary N) is 1. The molecule has 0 saturated heterocycles. The number of hydrogen-bond acceptors (Lipinski definition) is 3. The van der Waals surface area contributed by atoms with Gasteiger partial charge >= 0.3 is 0 Å². The molecule has 1 aromatic carbocycles. The quantitative estimate of drug-likeness (QED) is 0.702. The molecule has 1 aromatic rings. The van der Waals surface area contributed by atoms with E-state index in [-0.39, 0.29) is 19.0 Å². The molecule has 3 nitrogen and oxygen atoms in total. The van der Waals surface area contributed by atoms with E-state index in [1.165, 1.54) is 24.3 Å². The van der Waals surface area contributed by atoms with Gasteiger partial charge in [0.25, 0.3) is 6.43 Å². The second-order valence-electron chi connectivity index (χ2n) is 3.74. The molecule has 0 aromatic heterocycles. The SMILES string of the molecule is OC(CNCCOCC(F)F)c1ccc(F)cc1. The first-order valence-electron chi connectivity index (χ1n) is 5.59. The fraction of sp³-hybridized carbons (Fsp3) is 0.500. The molecular formula is C12H16F3NO2. The van der Waals surface area contributed by atoms with Crippen LogP contribution in [-0.2, 0) is 4.74 Å². The van der Waals surface area contributed by atoms with Crippen molar-refractivity contribution in [3.05, 3.63) is 35.6 Å². The molecule has 0 aliphatic rings. The highest BCUT2D eigenvalue weighted by atomic mass is 19.3. The predicted molar refractivity (Wildman–Crippen MR) is 61.1 cm³/mol. The summed E-state index contributed by atoms with van der Waals surface area (Å²) in [6.45, 7) is 0.192. The van der Waals surface area contributed by atoms with E-state index in [4.69, 9.17) is 0 Å². The summed E-state index contributed by atoms with van der Waals surface area (Å²) in [4.78, 5) is 0. The molecule has 1 rings (SSSR count). The molecular weight excluding hydrogens is 247 g/mol. The smallest absolute Gasteiger partial charge is 0.261 e. The van der Waals surface area contributed by atoms with E-state index in [1.807, 2.05) is 0 Å². The topological polar surface area (TPSA) is 41.5 Å². The molecule has 0 aliphatic carbocycles. The standard InChI is InChI=1S/C12H16F3NO2/c13-10-3-1-9(2-4-10)11(17)7-16-5-6-18-8-12(14)15/h1-4,11-12,16-17H,5-8H2. The summed E-state index contributed by atoms with van der Waals surface area (Å²) in [6, 6.07) is 5.53. The van der Waals surface area contributed by atoms with E-state index < -0.39 is 19.1 Å². The van der Waals surface area contributed by atoms with Crippen LogP contribution >= 0.6 is 0 Å². The summed E-state index contributed by atoms with van der Waals surface area (Å²) >= 11 is 0. The lowest BCUT2D eigenvalue weighted by atomic mass is 10.1. The minimum atomic E-state index is -2.46. The molecule has 0 bridgehead atoms. The molecule has 1 unspecified atom stereocenters. The lowest BCUT2D eigenvalue weighted by Gasteiger charge is -2.12. The molecule has 0 saturated carbocycles. The van der Waals surface area contributed by atoms with Crippen molar-refractivity contribution in [1.29, 1.82) is 0 Å². The first-order chi connectivity index (χ1) is 8.59. The molecule has 0 spiro atoms. The Morgan fingerprint density at radius 3 is 2.50 bits per heavy atom. The van der Waals surface area contributed by atoms with Crippen LogP contribution in [0.15, 0.2) is 24.3 Å². The van der Waals surface area contributed by atoms with Crippen LogP contribution in [0.5, 0.6) is 0 Å². The van der Waals surface area contributed by atoms with Crippen LogP contribution in [0.3, 0.4) is 0 Å². The highest BCUT2D eigenvalue weighted by molar-refractivity contribution is 5.18. The summed E-state index contributed by atoms with van der Waals surface area (Å²) in [6.07, 6.45) is -3.23. The molecule has 1 atom stereocenters. The predicted octanol–water partition coefficient (Wildman–Crippen LogP) is 1.73. The van der Waals surface area contributed by atoms with Gasteiger partial charge in [-0.05, 0) is 17.7 Å². The van der Waals surface area contributed by atoms with E-state index in [0.717, 1.165) is 0 Å². The number of hydrogen-bond donors (Lipinski definition) is 2.